The second-order valence-corrected chi connectivity index (χ2v) is 12.2. The maximum absolute atomic E-state index is 6.35. The van der Waals surface area contributed by atoms with Crippen LogP contribution in [0.2, 0.25) is 19.6 Å². The van der Waals surface area contributed by atoms with Crippen LogP contribution < -0.4 is 0 Å². The smallest absolute Gasteiger partial charge is 0.241 e. The summed E-state index contributed by atoms with van der Waals surface area (Å²) in [4.78, 5) is 2.48. The third-order valence-corrected chi connectivity index (χ3v) is 5.07. The molecule has 0 fully saturated rings. The summed E-state index contributed by atoms with van der Waals surface area (Å²) in [6, 6.07) is 10.6. The molecule has 0 bridgehead atoms. The zero-order chi connectivity index (χ0) is 16.2. The van der Waals surface area contributed by atoms with Crippen LogP contribution in [0.1, 0.15) is 12.0 Å². The lowest BCUT2D eigenvalue weighted by atomic mass is 9.98. The molecular weight excluding hydrogens is 354 g/mol. The molecule has 1 unspecified atom stereocenters. The Hall–Kier alpha value is -0.843. The van der Waals surface area contributed by atoms with E-state index in [4.69, 9.17) is 4.43 Å². The predicted molar refractivity (Wildman–Crippen MR) is 100 cm³/mol. The number of hydrogen-bond donors (Lipinski definition) is 0. The summed E-state index contributed by atoms with van der Waals surface area (Å²) in [6.07, 6.45) is 2.96. The van der Waals surface area contributed by atoms with Crippen molar-refractivity contribution in [3.05, 3.63) is 58.8 Å². The fourth-order valence-corrected chi connectivity index (χ4v) is 4.63. The van der Waals surface area contributed by atoms with Crippen molar-refractivity contribution in [3.8, 4) is 0 Å². The van der Waals surface area contributed by atoms with Crippen molar-refractivity contribution in [1.29, 1.82) is 0 Å². The van der Waals surface area contributed by atoms with E-state index in [1.165, 1.54) is 10.0 Å². The van der Waals surface area contributed by atoms with Gasteiger partial charge >= 0.3 is 0 Å². The van der Waals surface area contributed by atoms with Gasteiger partial charge in [-0.25, -0.2) is 0 Å². The average Bonchev–Trinajstić information content (AvgIpc) is 2.43. The highest BCUT2D eigenvalue weighted by Gasteiger charge is 2.30. The van der Waals surface area contributed by atoms with Gasteiger partial charge in [0.1, 0.15) is 0 Å². The molecule has 0 aromatic heterocycles. The van der Waals surface area contributed by atoms with E-state index in [0.29, 0.717) is 5.92 Å². The summed E-state index contributed by atoms with van der Waals surface area (Å²) in [5.41, 5.74) is 1.36. The van der Waals surface area contributed by atoms with Crippen molar-refractivity contribution in [1.82, 2.24) is 4.90 Å². The van der Waals surface area contributed by atoms with E-state index in [0.717, 1.165) is 31.8 Å². The maximum Gasteiger partial charge on any atom is 0.241 e. The minimum Gasteiger partial charge on any atom is -0.546 e. The summed E-state index contributed by atoms with van der Waals surface area (Å²) in [6.45, 7) is 13.6. The van der Waals surface area contributed by atoms with Gasteiger partial charge in [0.2, 0.25) is 8.32 Å². The first-order valence-electron chi connectivity index (χ1n) is 7.84. The number of allylic oxidation sites excluding steroid dienone is 1. The lowest BCUT2D eigenvalue weighted by Gasteiger charge is -2.37. The second kappa shape index (κ2) is 7.62. The molecule has 0 spiro atoms. The standard InChI is InChI=1S/C18H26BrNOSi/c1-5-9-16-13-20(12-15-10-7-6-8-11-15)14-17(19)18(16)21-22(2,3)4/h5-8,10-11,16H,1,9,12-14H2,2-4H3. The van der Waals surface area contributed by atoms with Gasteiger partial charge in [-0.15, -0.1) is 6.58 Å². The van der Waals surface area contributed by atoms with Crippen molar-refractivity contribution in [2.75, 3.05) is 13.1 Å². The molecule has 0 amide bonds. The normalized spacial score (nSPS) is 20.1. The van der Waals surface area contributed by atoms with Crippen LogP contribution in [-0.2, 0) is 11.0 Å². The highest BCUT2D eigenvalue weighted by atomic mass is 79.9. The fraction of sp³-hybridized carbons (Fsp3) is 0.444. The van der Waals surface area contributed by atoms with Crippen molar-refractivity contribution >= 4 is 24.2 Å². The van der Waals surface area contributed by atoms with Gasteiger partial charge in [-0.05, 0) is 31.6 Å². The Balaban J connectivity index is 2.14. The van der Waals surface area contributed by atoms with Crippen LogP contribution in [0.3, 0.4) is 0 Å². The summed E-state index contributed by atoms with van der Waals surface area (Å²) >= 11 is 3.77. The van der Waals surface area contributed by atoms with E-state index in [9.17, 15) is 0 Å². The number of halogens is 1. The number of hydrogen-bond acceptors (Lipinski definition) is 2. The van der Waals surface area contributed by atoms with Crippen LogP contribution in [0.15, 0.2) is 53.2 Å². The second-order valence-electron chi connectivity index (χ2n) is 6.86. The Kier molecular flexibility index (Phi) is 6.06. The first kappa shape index (κ1) is 17.5. The number of benzene rings is 1. The van der Waals surface area contributed by atoms with Gasteiger partial charge in [0.05, 0.1) is 5.76 Å². The average molecular weight is 380 g/mol. The molecule has 1 aromatic carbocycles. The fourth-order valence-electron chi connectivity index (χ4n) is 2.77. The molecule has 1 aliphatic rings. The molecule has 0 aliphatic carbocycles. The Morgan fingerprint density at radius 2 is 2.00 bits per heavy atom. The van der Waals surface area contributed by atoms with E-state index in [-0.39, 0.29) is 0 Å². The molecule has 0 N–H and O–H groups in total. The Morgan fingerprint density at radius 1 is 1.32 bits per heavy atom. The lowest BCUT2D eigenvalue weighted by molar-refractivity contribution is 0.199. The Morgan fingerprint density at radius 3 is 2.59 bits per heavy atom. The van der Waals surface area contributed by atoms with Gasteiger partial charge in [-0.3, -0.25) is 4.90 Å². The third kappa shape index (κ3) is 5.11. The summed E-state index contributed by atoms with van der Waals surface area (Å²) in [7, 11) is -1.59. The van der Waals surface area contributed by atoms with Crippen molar-refractivity contribution in [3.63, 3.8) is 0 Å². The largest absolute Gasteiger partial charge is 0.546 e. The molecule has 1 atom stereocenters. The summed E-state index contributed by atoms with van der Waals surface area (Å²) in [5, 5.41) is 0. The molecule has 2 rings (SSSR count). The van der Waals surface area contributed by atoms with Gasteiger partial charge in [0, 0.05) is 30.0 Å². The summed E-state index contributed by atoms with van der Waals surface area (Å²) in [5.74, 6) is 1.56. The molecule has 22 heavy (non-hydrogen) atoms. The highest BCUT2D eigenvalue weighted by Crippen LogP contribution is 2.33. The molecule has 120 valence electrons. The van der Waals surface area contributed by atoms with Crippen LogP contribution in [0.25, 0.3) is 0 Å². The lowest BCUT2D eigenvalue weighted by Crippen LogP contribution is -2.39. The molecule has 0 saturated carbocycles. The van der Waals surface area contributed by atoms with Crippen LogP contribution >= 0.6 is 15.9 Å². The summed E-state index contributed by atoms with van der Waals surface area (Å²) < 4.78 is 7.55. The minimum absolute atomic E-state index is 0.399. The van der Waals surface area contributed by atoms with Crippen LogP contribution in [-0.4, -0.2) is 26.3 Å². The topological polar surface area (TPSA) is 12.5 Å². The molecule has 1 heterocycles. The van der Waals surface area contributed by atoms with Crippen LogP contribution in [0, 0.1) is 5.92 Å². The highest BCUT2D eigenvalue weighted by molar-refractivity contribution is 9.11. The third-order valence-electron chi connectivity index (χ3n) is 3.60. The van der Waals surface area contributed by atoms with Crippen LogP contribution in [0.5, 0.6) is 0 Å². The van der Waals surface area contributed by atoms with Gasteiger partial charge < -0.3 is 4.43 Å². The number of rotatable bonds is 6. The monoisotopic (exact) mass is 379 g/mol. The zero-order valence-electron chi connectivity index (χ0n) is 13.8. The van der Waals surface area contributed by atoms with E-state index in [2.05, 4.69) is 77.4 Å². The molecular formula is C18H26BrNOSi. The molecule has 0 saturated heterocycles. The first-order chi connectivity index (χ1) is 10.4. The predicted octanol–water partition coefficient (Wildman–Crippen LogP) is 5.15. The number of nitrogens with zero attached hydrogens (tertiary/aromatic N) is 1. The molecule has 2 nitrogen and oxygen atoms in total. The van der Waals surface area contributed by atoms with Crippen molar-refractivity contribution in [2.45, 2.75) is 32.6 Å². The van der Waals surface area contributed by atoms with Crippen molar-refractivity contribution in [2.24, 2.45) is 5.92 Å². The van der Waals surface area contributed by atoms with Gasteiger partial charge in [0.15, 0.2) is 0 Å². The zero-order valence-corrected chi connectivity index (χ0v) is 16.4. The first-order valence-corrected chi connectivity index (χ1v) is 12.0. The minimum atomic E-state index is -1.59. The van der Waals surface area contributed by atoms with Gasteiger partial charge in [-0.2, -0.15) is 0 Å². The van der Waals surface area contributed by atoms with E-state index < -0.39 is 8.32 Å². The Bertz CT molecular complexity index is 536. The maximum atomic E-state index is 6.35. The van der Waals surface area contributed by atoms with E-state index in [1.807, 2.05) is 6.08 Å². The van der Waals surface area contributed by atoms with Crippen molar-refractivity contribution < 1.29 is 4.43 Å². The SMILES string of the molecule is C=CCC1CN(Cc2ccccc2)CC(Br)=C1O[Si](C)(C)C. The van der Waals surface area contributed by atoms with E-state index in [1.54, 1.807) is 0 Å². The van der Waals surface area contributed by atoms with E-state index >= 15 is 0 Å². The Labute approximate surface area is 144 Å². The molecule has 1 aromatic rings. The van der Waals surface area contributed by atoms with Crippen LogP contribution in [0.4, 0.5) is 0 Å². The molecule has 1 aliphatic heterocycles. The molecule has 0 radical (unpaired) electrons. The van der Waals surface area contributed by atoms with Gasteiger partial charge in [-0.1, -0.05) is 52.3 Å². The quantitative estimate of drug-likeness (QED) is 0.500. The molecule has 4 heteroatoms. The van der Waals surface area contributed by atoms with Gasteiger partial charge in [0.25, 0.3) is 0 Å².